The van der Waals surface area contributed by atoms with Crippen LogP contribution in [0.3, 0.4) is 0 Å². The Morgan fingerprint density at radius 2 is 1.11 bits per heavy atom. The number of benzene rings is 2. The zero-order valence-electron chi connectivity index (χ0n) is 9.42. The smallest absolute Gasteiger partial charge is 0.384 e. The van der Waals surface area contributed by atoms with Gasteiger partial charge in [0, 0.05) is 20.8 Å². The minimum atomic E-state index is -2.89. The average molecular weight is 442 g/mol. The van der Waals surface area contributed by atoms with E-state index >= 15 is 0 Å². The summed E-state index contributed by atoms with van der Waals surface area (Å²) in [6.45, 7) is 0. The molecule has 0 N–H and O–H groups in total. The first kappa shape index (κ1) is 15.3. The highest BCUT2D eigenvalue weighted by Gasteiger charge is 2.18. The molecule has 2 rings (SSSR count). The summed E-state index contributed by atoms with van der Waals surface area (Å²) >= 11 is 18.0. The molecule has 0 amide bonds. The van der Waals surface area contributed by atoms with Gasteiger partial charge in [-0.15, -0.1) is 0 Å². The number of hydrogen-bond acceptors (Lipinski definition) is 3. The maximum absolute atomic E-state index is 6.14. The molecular formula is C12H8Br2ClO2PS. The zero-order chi connectivity index (χ0) is 13.9. The largest absolute Gasteiger partial charge is 0.425 e. The van der Waals surface area contributed by atoms with Crippen molar-refractivity contribution in [2.75, 3.05) is 0 Å². The third-order valence-corrected chi connectivity index (χ3v) is 4.83. The van der Waals surface area contributed by atoms with Gasteiger partial charge in [0.25, 0.3) is 0 Å². The van der Waals surface area contributed by atoms with E-state index in [1.807, 2.05) is 24.3 Å². The molecule has 0 unspecified atom stereocenters. The van der Waals surface area contributed by atoms with E-state index in [4.69, 9.17) is 32.1 Å². The molecule has 0 aliphatic carbocycles. The molecule has 0 fully saturated rings. The lowest BCUT2D eigenvalue weighted by molar-refractivity contribution is 0.505. The molecule has 2 aromatic rings. The van der Waals surface area contributed by atoms with Crippen molar-refractivity contribution in [2.24, 2.45) is 0 Å². The monoisotopic (exact) mass is 440 g/mol. The predicted molar refractivity (Wildman–Crippen MR) is 89.7 cm³/mol. The van der Waals surface area contributed by atoms with Crippen LogP contribution in [0.25, 0.3) is 0 Å². The van der Waals surface area contributed by atoms with E-state index in [1.54, 1.807) is 24.3 Å². The Morgan fingerprint density at radius 3 is 1.42 bits per heavy atom. The summed E-state index contributed by atoms with van der Waals surface area (Å²) in [5, 5.41) is 0. The van der Waals surface area contributed by atoms with E-state index in [0.717, 1.165) is 8.95 Å². The summed E-state index contributed by atoms with van der Waals surface area (Å²) < 4.78 is 13.0. The van der Waals surface area contributed by atoms with Crippen molar-refractivity contribution >= 4 is 60.8 Å². The lowest BCUT2D eigenvalue weighted by atomic mass is 10.3. The van der Waals surface area contributed by atoms with Crippen molar-refractivity contribution in [3.63, 3.8) is 0 Å². The Kier molecular flexibility index (Phi) is 5.32. The molecule has 0 radical (unpaired) electrons. The van der Waals surface area contributed by atoms with Crippen molar-refractivity contribution < 1.29 is 9.05 Å². The van der Waals surface area contributed by atoms with Crippen LogP contribution in [-0.4, -0.2) is 0 Å². The third kappa shape index (κ3) is 5.09. The van der Waals surface area contributed by atoms with Crippen molar-refractivity contribution in [1.29, 1.82) is 0 Å². The van der Waals surface area contributed by atoms with Crippen LogP contribution in [0.4, 0.5) is 0 Å². The van der Waals surface area contributed by atoms with E-state index in [1.165, 1.54) is 0 Å². The SMILES string of the molecule is S=P(Cl)(Oc1ccc(Br)cc1)Oc1ccc(Br)cc1. The highest BCUT2D eigenvalue weighted by Crippen LogP contribution is 2.53. The van der Waals surface area contributed by atoms with Crippen LogP contribution in [0.5, 0.6) is 11.5 Å². The Morgan fingerprint density at radius 1 is 0.789 bits per heavy atom. The van der Waals surface area contributed by atoms with Gasteiger partial charge in [0.1, 0.15) is 11.5 Å². The molecule has 0 heterocycles. The normalized spacial score (nSPS) is 11.1. The minimum Gasteiger partial charge on any atom is -0.425 e. The van der Waals surface area contributed by atoms with Gasteiger partial charge in [-0.2, -0.15) is 0 Å². The fraction of sp³-hybridized carbons (Fsp3) is 0. The Balaban J connectivity index is 2.08. The first-order valence-corrected chi connectivity index (χ1v) is 10.3. The van der Waals surface area contributed by atoms with Gasteiger partial charge < -0.3 is 9.05 Å². The molecule has 0 aromatic heterocycles. The van der Waals surface area contributed by atoms with Crippen LogP contribution in [0.2, 0.25) is 0 Å². The first-order chi connectivity index (χ1) is 8.94. The average Bonchev–Trinajstić information content (AvgIpc) is 2.34. The lowest BCUT2D eigenvalue weighted by Gasteiger charge is -2.17. The van der Waals surface area contributed by atoms with Gasteiger partial charge in [-0.1, -0.05) is 31.9 Å². The van der Waals surface area contributed by atoms with Gasteiger partial charge in [-0.05, 0) is 59.8 Å². The highest BCUT2D eigenvalue weighted by molar-refractivity contribution is 9.10. The fourth-order valence-corrected chi connectivity index (χ4v) is 3.57. The van der Waals surface area contributed by atoms with Gasteiger partial charge in [-0.3, -0.25) is 0 Å². The second-order valence-corrected chi connectivity index (χ2v) is 9.96. The molecule has 0 aliphatic heterocycles. The van der Waals surface area contributed by atoms with E-state index in [-0.39, 0.29) is 0 Å². The molecule has 0 bridgehead atoms. The minimum absolute atomic E-state index is 0.582. The summed E-state index contributed by atoms with van der Waals surface area (Å²) in [7, 11) is 0. The number of halogens is 3. The summed E-state index contributed by atoms with van der Waals surface area (Å²) in [6.07, 6.45) is 0. The molecule has 0 saturated heterocycles. The van der Waals surface area contributed by atoms with Crippen molar-refractivity contribution in [2.45, 2.75) is 0 Å². The zero-order valence-corrected chi connectivity index (χ0v) is 15.1. The molecule has 0 atom stereocenters. The molecular weight excluding hydrogens is 434 g/mol. The molecule has 0 aliphatic rings. The van der Waals surface area contributed by atoms with Gasteiger partial charge >= 0.3 is 5.84 Å². The Hall–Kier alpha value is -0.0600. The second-order valence-electron chi connectivity index (χ2n) is 3.52. The standard InChI is InChI=1S/C12H8Br2ClO2PS/c13-9-1-5-11(6-2-9)16-18(15,19)17-12-7-3-10(14)4-8-12/h1-8H. The van der Waals surface area contributed by atoms with E-state index < -0.39 is 5.84 Å². The first-order valence-electron chi connectivity index (χ1n) is 5.15. The van der Waals surface area contributed by atoms with Crippen LogP contribution in [0.1, 0.15) is 0 Å². The van der Waals surface area contributed by atoms with Crippen LogP contribution >= 0.6 is 48.9 Å². The molecule has 19 heavy (non-hydrogen) atoms. The third-order valence-electron chi connectivity index (χ3n) is 2.06. The highest BCUT2D eigenvalue weighted by atomic mass is 79.9. The summed E-state index contributed by atoms with van der Waals surface area (Å²) in [4.78, 5) is 0. The van der Waals surface area contributed by atoms with Gasteiger partial charge in [0.15, 0.2) is 0 Å². The molecule has 2 nitrogen and oxygen atoms in total. The lowest BCUT2D eigenvalue weighted by Crippen LogP contribution is -1.94. The van der Waals surface area contributed by atoms with E-state index in [2.05, 4.69) is 31.9 Å². The second kappa shape index (κ2) is 6.59. The number of rotatable bonds is 4. The summed E-state index contributed by atoms with van der Waals surface area (Å²) in [6, 6.07) is 14.5. The van der Waals surface area contributed by atoms with Crippen molar-refractivity contribution in [3.8, 4) is 11.5 Å². The van der Waals surface area contributed by atoms with Crippen LogP contribution in [0.15, 0.2) is 57.5 Å². The summed E-state index contributed by atoms with van der Waals surface area (Å²) in [5.74, 6) is -1.73. The van der Waals surface area contributed by atoms with E-state index in [0.29, 0.717) is 11.5 Å². The van der Waals surface area contributed by atoms with Gasteiger partial charge in [0.05, 0.1) is 0 Å². The Labute approximate surface area is 138 Å². The Bertz CT molecular complexity index is 553. The maximum atomic E-state index is 6.14. The molecule has 7 heteroatoms. The topological polar surface area (TPSA) is 18.5 Å². The fourth-order valence-electron chi connectivity index (χ4n) is 1.26. The van der Waals surface area contributed by atoms with Gasteiger partial charge in [0.2, 0.25) is 0 Å². The van der Waals surface area contributed by atoms with Crippen molar-refractivity contribution in [3.05, 3.63) is 57.5 Å². The molecule has 0 saturated carbocycles. The van der Waals surface area contributed by atoms with Crippen LogP contribution in [-0.2, 0) is 11.8 Å². The van der Waals surface area contributed by atoms with Crippen LogP contribution in [0, 0.1) is 0 Å². The summed E-state index contributed by atoms with van der Waals surface area (Å²) in [5.41, 5.74) is 0. The predicted octanol–water partition coefficient (Wildman–Crippen LogP) is 6.13. The molecule has 100 valence electrons. The quantitative estimate of drug-likeness (QED) is 0.531. The molecule has 0 spiro atoms. The van der Waals surface area contributed by atoms with Crippen molar-refractivity contribution in [1.82, 2.24) is 0 Å². The maximum Gasteiger partial charge on any atom is 0.384 e. The number of hydrogen-bond donors (Lipinski definition) is 0. The molecule has 2 aromatic carbocycles. The van der Waals surface area contributed by atoms with Crippen LogP contribution < -0.4 is 9.05 Å². The van der Waals surface area contributed by atoms with Gasteiger partial charge in [-0.25, -0.2) is 0 Å². The van der Waals surface area contributed by atoms with E-state index in [9.17, 15) is 0 Å².